The summed E-state index contributed by atoms with van der Waals surface area (Å²) in [6.45, 7) is 0.906. The molecule has 1 aliphatic rings. The summed E-state index contributed by atoms with van der Waals surface area (Å²) in [6.07, 6.45) is -0.141. The van der Waals surface area contributed by atoms with E-state index in [4.69, 9.17) is 0 Å². The molecule has 1 fully saturated rings. The fourth-order valence-corrected chi connectivity index (χ4v) is 3.07. The van der Waals surface area contributed by atoms with E-state index in [0.717, 1.165) is 10.8 Å². The first-order valence-electron chi connectivity index (χ1n) is 7.29. The number of fused-ring (bicyclic) bond motifs is 1. The van der Waals surface area contributed by atoms with Crippen LogP contribution in [0.25, 0.3) is 10.8 Å². The third-order valence-electron chi connectivity index (χ3n) is 4.26. The molecule has 1 saturated heterocycles. The van der Waals surface area contributed by atoms with Crippen LogP contribution in [0.1, 0.15) is 18.4 Å². The van der Waals surface area contributed by atoms with Crippen LogP contribution < -0.4 is 0 Å². The lowest BCUT2D eigenvalue weighted by molar-refractivity contribution is -0.187. The summed E-state index contributed by atoms with van der Waals surface area (Å²) in [5, 5.41) is 11.8. The van der Waals surface area contributed by atoms with E-state index in [2.05, 4.69) is 4.98 Å². The molecule has 118 valence electrons. The van der Waals surface area contributed by atoms with Crippen LogP contribution >= 0.6 is 0 Å². The van der Waals surface area contributed by atoms with E-state index < -0.39 is 12.1 Å². The van der Waals surface area contributed by atoms with Gasteiger partial charge in [-0.3, -0.25) is 9.88 Å². The number of benzene rings is 1. The van der Waals surface area contributed by atoms with E-state index >= 15 is 0 Å². The molecule has 22 heavy (non-hydrogen) atoms. The summed E-state index contributed by atoms with van der Waals surface area (Å²) in [5.74, 6) is -1.17. The number of rotatable bonds is 2. The van der Waals surface area contributed by atoms with E-state index in [0.29, 0.717) is 25.1 Å². The summed E-state index contributed by atoms with van der Waals surface area (Å²) >= 11 is 0. The summed E-state index contributed by atoms with van der Waals surface area (Å²) < 4.78 is 38.7. The van der Waals surface area contributed by atoms with Crippen molar-refractivity contribution in [2.75, 3.05) is 13.1 Å². The van der Waals surface area contributed by atoms with Gasteiger partial charge >= 0.3 is 6.18 Å². The van der Waals surface area contributed by atoms with Gasteiger partial charge in [0.05, 0.1) is 5.92 Å². The molecule has 0 saturated carbocycles. The van der Waals surface area contributed by atoms with Gasteiger partial charge in [-0.25, -0.2) is 0 Å². The van der Waals surface area contributed by atoms with Crippen LogP contribution in [0.3, 0.4) is 0 Å². The van der Waals surface area contributed by atoms with Gasteiger partial charge in [0.1, 0.15) is 5.75 Å². The zero-order valence-electron chi connectivity index (χ0n) is 12.0. The van der Waals surface area contributed by atoms with Gasteiger partial charge in [-0.1, -0.05) is 6.07 Å². The number of phenols is 1. The molecule has 2 aromatic rings. The Morgan fingerprint density at radius 2 is 2.09 bits per heavy atom. The molecule has 0 bridgehead atoms. The predicted octanol–water partition coefficient (Wildman–Crippen LogP) is 3.71. The molecule has 0 unspecified atom stereocenters. The molecule has 3 nitrogen and oxygen atoms in total. The van der Waals surface area contributed by atoms with Gasteiger partial charge in [-0.05, 0) is 36.9 Å². The van der Waals surface area contributed by atoms with Crippen LogP contribution in [0.2, 0.25) is 0 Å². The molecule has 3 rings (SSSR count). The molecule has 0 spiro atoms. The largest absolute Gasteiger partial charge is 0.508 e. The number of pyridine rings is 1. The van der Waals surface area contributed by atoms with Crippen molar-refractivity contribution in [1.29, 1.82) is 0 Å². The van der Waals surface area contributed by atoms with Gasteiger partial charge in [0.15, 0.2) is 0 Å². The van der Waals surface area contributed by atoms with Crippen molar-refractivity contribution in [2.24, 2.45) is 5.92 Å². The average molecular weight is 310 g/mol. The predicted molar refractivity (Wildman–Crippen MR) is 77.5 cm³/mol. The molecular formula is C16H17F3N2O. The first-order valence-corrected chi connectivity index (χ1v) is 7.29. The molecule has 1 aromatic heterocycles. The summed E-state index contributed by atoms with van der Waals surface area (Å²) in [7, 11) is 0. The van der Waals surface area contributed by atoms with Crippen molar-refractivity contribution in [3.8, 4) is 5.75 Å². The summed E-state index contributed by atoms with van der Waals surface area (Å²) in [6, 6.07) is 5.19. The van der Waals surface area contributed by atoms with Crippen molar-refractivity contribution in [2.45, 2.75) is 25.6 Å². The number of alkyl halides is 3. The third kappa shape index (κ3) is 3.02. The Kier molecular flexibility index (Phi) is 3.95. The number of nitrogens with zero attached hydrogens (tertiary/aromatic N) is 2. The second kappa shape index (κ2) is 5.76. The lowest BCUT2D eigenvalue weighted by Crippen LogP contribution is -2.41. The van der Waals surface area contributed by atoms with Crippen molar-refractivity contribution < 1.29 is 18.3 Å². The van der Waals surface area contributed by atoms with Crippen LogP contribution in [0.15, 0.2) is 30.6 Å². The SMILES string of the molecule is Oc1ccc2ccncc2c1CN1CCC[C@@H](C(F)(F)F)C1. The van der Waals surface area contributed by atoms with Crippen molar-refractivity contribution in [3.63, 3.8) is 0 Å². The minimum absolute atomic E-state index is 0.0143. The van der Waals surface area contributed by atoms with Gasteiger partial charge in [0, 0.05) is 36.4 Å². The maximum atomic E-state index is 12.9. The fourth-order valence-electron chi connectivity index (χ4n) is 3.07. The highest BCUT2D eigenvalue weighted by Gasteiger charge is 2.41. The van der Waals surface area contributed by atoms with Crippen LogP contribution in [0.4, 0.5) is 13.2 Å². The number of phenolic OH excluding ortho intramolecular Hbond substituents is 1. The van der Waals surface area contributed by atoms with Crippen molar-refractivity contribution >= 4 is 10.8 Å². The highest BCUT2D eigenvalue weighted by molar-refractivity contribution is 5.86. The van der Waals surface area contributed by atoms with Crippen molar-refractivity contribution in [3.05, 3.63) is 36.2 Å². The lowest BCUT2D eigenvalue weighted by atomic mass is 9.96. The minimum atomic E-state index is -4.15. The van der Waals surface area contributed by atoms with Crippen LogP contribution in [0, 0.1) is 5.92 Å². The average Bonchev–Trinajstić information content (AvgIpc) is 2.50. The number of piperidine rings is 1. The van der Waals surface area contributed by atoms with Gasteiger partial charge in [0.25, 0.3) is 0 Å². The van der Waals surface area contributed by atoms with Crippen LogP contribution in [-0.2, 0) is 6.54 Å². The number of aromatic hydroxyl groups is 1. The number of hydrogen-bond acceptors (Lipinski definition) is 3. The standard InChI is InChI=1S/C16H17F3N2O/c17-16(18,19)12-2-1-7-21(9-12)10-14-13-8-20-6-5-11(13)3-4-15(14)22/h3-6,8,12,22H,1-2,7,9-10H2/t12-/m1/s1. The number of hydrogen-bond donors (Lipinski definition) is 1. The topological polar surface area (TPSA) is 36.4 Å². The molecule has 0 amide bonds. The molecule has 0 aliphatic carbocycles. The molecule has 1 N–H and O–H groups in total. The summed E-state index contributed by atoms with van der Waals surface area (Å²) in [5.41, 5.74) is 0.647. The zero-order chi connectivity index (χ0) is 15.7. The Morgan fingerprint density at radius 1 is 1.27 bits per heavy atom. The number of likely N-dealkylation sites (tertiary alicyclic amines) is 1. The highest BCUT2D eigenvalue weighted by atomic mass is 19.4. The van der Waals surface area contributed by atoms with E-state index in [1.165, 1.54) is 0 Å². The Hall–Kier alpha value is -1.82. The lowest BCUT2D eigenvalue weighted by Gasteiger charge is -2.34. The normalized spacial score (nSPS) is 20.4. The monoisotopic (exact) mass is 310 g/mol. The third-order valence-corrected chi connectivity index (χ3v) is 4.26. The first kappa shape index (κ1) is 15.1. The molecule has 0 radical (unpaired) electrons. The Morgan fingerprint density at radius 3 is 2.86 bits per heavy atom. The van der Waals surface area contributed by atoms with Crippen molar-refractivity contribution in [1.82, 2.24) is 9.88 Å². The minimum Gasteiger partial charge on any atom is -0.508 e. The maximum absolute atomic E-state index is 12.9. The Balaban J connectivity index is 1.85. The Bertz CT molecular complexity index is 672. The second-order valence-electron chi connectivity index (χ2n) is 5.78. The fraction of sp³-hybridized carbons (Fsp3) is 0.438. The van der Waals surface area contributed by atoms with E-state index in [-0.39, 0.29) is 18.7 Å². The van der Waals surface area contributed by atoms with E-state index in [1.54, 1.807) is 29.4 Å². The second-order valence-corrected chi connectivity index (χ2v) is 5.78. The molecule has 1 aliphatic heterocycles. The summed E-state index contributed by atoms with van der Waals surface area (Å²) in [4.78, 5) is 5.82. The Labute approximate surface area is 126 Å². The quantitative estimate of drug-likeness (QED) is 0.918. The smallest absolute Gasteiger partial charge is 0.393 e. The van der Waals surface area contributed by atoms with E-state index in [1.807, 2.05) is 6.07 Å². The van der Waals surface area contributed by atoms with Gasteiger partial charge in [-0.15, -0.1) is 0 Å². The number of aromatic nitrogens is 1. The van der Waals surface area contributed by atoms with Crippen LogP contribution in [-0.4, -0.2) is 34.3 Å². The van der Waals surface area contributed by atoms with Gasteiger partial charge in [0.2, 0.25) is 0 Å². The zero-order valence-corrected chi connectivity index (χ0v) is 12.0. The molecule has 1 aromatic carbocycles. The molecule has 1 atom stereocenters. The van der Waals surface area contributed by atoms with Gasteiger partial charge in [-0.2, -0.15) is 13.2 Å². The van der Waals surface area contributed by atoms with Crippen LogP contribution in [0.5, 0.6) is 5.75 Å². The highest BCUT2D eigenvalue weighted by Crippen LogP contribution is 2.35. The first-order chi connectivity index (χ1) is 10.4. The maximum Gasteiger partial charge on any atom is 0.393 e. The molecular weight excluding hydrogens is 293 g/mol. The van der Waals surface area contributed by atoms with Gasteiger partial charge < -0.3 is 5.11 Å². The number of halogens is 3. The molecule has 6 heteroatoms. The molecule has 2 heterocycles. The van der Waals surface area contributed by atoms with E-state index in [9.17, 15) is 18.3 Å².